The van der Waals surface area contributed by atoms with Crippen LogP contribution in [-0.2, 0) is 17.9 Å². The molecule has 0 atom stereocenters. The maximum Gasteiger partial charge on any atom is 0.269 e. The Morgan fingerprint density at radius 1 is 1.24 bits per heavy atom. The molecule has 2 aromatic carbocycles. The number of rotatable bonds is 11. The zero-order valence-corrected chi connectivity index (χ0v) is 19.9. The first-order valence-electron chi connectivity index (χ1n) is 10.3. The Morgan fingerprint density at radius 3 is 2.71 bits per heavy atom. The summed E-state index contributed by atoms with van der Waals surface area (Å²) in [6.45, 7) is 8.06. The van der Waals surface area contributed by atoms with Crippen molar-refractivity contribution in [2.24, 2.45) is 0 Å². The number of hydrogen-bond donors (Lipinski definition) is 1. The third-order valence-electron chi connectivity index (χ3n) is 4.81. The van der Waals surface area contributed by atoms with Gasteiger partial charge in [0.05, 0.1) is 17.8 Å². The number of thioether (sulfide) groups is 1. The molecule has 3 aromatic rings. The summed E-state index contributed by atoms with van der Waals surface area (Å²) in [4.78, 5) is 22.9. The van der Waals surface area contributed by atoms with Crippen molar-refractivity contribution in [3.63, 3.8) is 0 Å². The standard InChI is InChI=1S/C23H25N5O5S/c1-5-10-27-21(13-33-19-9-6-15(2)11-20(19)32-4)25-26-23(27)34-14-22(29)24-18-8-7-17(28(30)31)12-16(18)3/h5-9,11-12H,1,10,13-14H2,2-4H3,(H,24,29). The van der Waals surface area contributed by atoms with Crippen molar-refractivity contribution in [3.8, 4) is 11.5 Å². The van der Waals surface area contributed by atoms with E-state index < -0.39 is 4.92 Å². The molecule has 10 nitrogen and oxygen atoms in total. The Labute approximate surface area is 201 Å². The second kappa shape index (κ2) is 11.3. The number of hydrogen-bond acceptors (Lipinski definition) is 8. The van der Waals surface area contributed by atoms with E-state index in [-0.39, 0.29) is 24.0 Å². The first-order valence-corrected chi connectivity index (χ1v) is 11.3. The lowest BCUT2D eigenvalue weighted by Crippen LogP contribution is -2.15. The SMILES string of the molecule is C=CCn1c(COc2ccc(C)cc2OC)nnc1SCC(=O)Nc1ccc([N+](=O)[O-])cc1C. The van der Waals surface area contributed by atoms with Crippen LogP contribution in [0.2, 0.25) is 0 Å². The number of carbonyl (C=O) groups excluding carboxylic acids is 1. The maximum atomic E-state index is 12.5. The lowest BCUT2D eigenvalue weighted by molar-refractivity contribution is -0.384. The highest BCUT2D eigenvalue weighted by Gasteiger charge is 2.16. The van der Waals surface area contributed by atoms with Crippen LogP contribution < -0.4 is 14.8 Å². The highest BCUT2D eigenvalue weighted by Crippen LogP contribution is 2.29. The quantitative estimate of drug-likeness (QED) is 0.185. The minimum Gasteiger partial charge on any atom is -0.493 e. The molecular weight excluding hydrogens is 458 g/mol. The van der Waals surface area contributed by atoms with Gasteiger partial charge < -0.3 is 14.8 Å². The van der Waals surface area contributed by atoms with Crippen molar-refractivity contribution >= 4 is 29.0 Å². The Kier molecular flexibility index (Phi) is 8.25. The molecule has 0 spiro atoms. The number of nitro benzene ring substituents is 1. The van der Waals surface area contributed by atoms with Crippen LogP contribution in [0.5, 0.6) is 11.5 Å². The van der Waals surface area contributed by atoms with Crippen LogP contribution in [0.15, 0.2) is 54.2 Å². The highest BCUT2D eigenvalue weighted by atomic mass is 32.2. The number of benzene rings is 2. The predicted molar refractivity (Wildman–Crippen MR) is 129 cm³/mol. The summed E-state index contributed by atoms with van der Waals surface area (Å²) in [6.07, 6.45) is 1.71. The van der Waals surface area contributed by atoms with E-state index in [1.54, 1.807) is 20.1 Å². The van der Waals surface area contributed by atoms with Crippen molar-refractivity contribution in [2.75, 3.05) is 18.2 Å². The van der Waals surface area contributed by atoms with E-state index in [2.05, 4.69) is 22.1 Å². The van der Waals surface area contributed by atoms with Crippen LogP contribution in [0.4, 0.5) is 11.4 Å². The van der Waals surface area contributed by atoms with Crippen LogP contribution in [0.1, 0.15) is 17.0 Å². The predicted octanol–water partition coefficient (Wildman–Crippen LogP) is 4.31. The van der Waals surface area contributed by atoms with Crippen molar-refractivity contribution < 1.29 is 19.2 Å². The molecule has 0 saturated heterocycles. The minimum absolute atomic E-state index is 0.0274. The summed E-state index contributed by atoms with van der Waals surface area (Å²) in [5.74, 6) is 1.61. The summed E-state index contributed by atoms with van der Waals surface area (Å²) in [6, 6.07) is 9.94. The molecule has 1 N–H and O–H groups in total. The molecule has 0 unspecified atom stereocenters. The summed E-state index contributed by atoms with van der Waals surface area (Å²) < 4.78 is 13.1. The number of carbonyl (C=O) groups is 1. The number of anilines is 1. The monoisotopic (exact) mass is 483 g/mol. The average Bonchev–Trinajstić information content (AvgIpc) is 3.19. The van der Waals surface area contributed by atoms with Gasteiger partial charge in [0.2, 0.25) is 5.91 Å². The van der Waals surface area contributed by atoms with E-state index in [0.717, 1.165) is 5.56 Å². The van der Waals surface area contributed by atoms with Crippen molar-refractivity contribution in [1.82, 2.24) is 14.8 Å². The van der Waals surface area contributed by atoms with Gasteiger partial charge in [-0.25, -0.2) is 0 Å². The maximum absolute atomic E-state index is 12.5. The molecule has 0 aliphatic carbocycles. The van der Waals surface area contributed by atoms with Crippen LogP contribution in [0.25, 0.3) is 0 Å². The fourth-order valence-corrected chi connectivity index (χ4v) is 3.87. The number of nitro groups is 1. The number of amides is 1. The third-order valence-corrected chi connectivity index (χ3v) is 5.78. The van der Waals surface area contributed by atoms with E-state index in [1.807, 2.05) is 29.7 Å². The third kappa shape index (κ3) is 6.13. The van der Waals surface area contributed by atoms with Crippen LogP contribution in [0.3, 0.4) is 0 Å². The molecule has 1 heterocycles. The minimum atomic E-state index is -0.475. The van der Waals surface area contributed by atoms with E-state index in [1.165, 1.54) is 30.0 Å². The Bertz CT molecular complexity index is 1210. The van der Waals surface area contributed by atoms with Gasteiger partial charge in [0.25, 0.3) is 5.69 Å². The van der Waals surface area contributed by atoms with Gasteiger partial charge in [-0.1, -0.05) is 23.9 Å². The first-order chi connectivity index (χ1) is 16.3. The van der Waals surface area contributed by atoms with E-state index in [0.29, 0.717) is 40.3 Å². The Balaban J connectivity index is 1.64. The van der Waals surface area contributed by atoms with E-state index in [4.69, 9.17) is 9.47 Å². The Morgan fingerprint density at radius 2 is 2.03 bits per heavy atom. The number of ether oxygens (including phenoxy) is 2. The van der Waals surface area contributed by atoms with Gasteiger partial charge in [-0.2, -0.15) is 0 Å². The fraction of sp³-hybridized carbons (Fsp3) is 0.261. The molecule has 0 radical (unpaired) electrons. The normalized spacial score (nSPS) is 10.6. The largest absolute Gasteiger partial charge is 0.493 e. The number of aromatic nitrogens is 3. The second-order valence-electron chi connectivity index (χ2n) is 7.33. The lowest BCUT2D eigenvalue weighted by atomic mass is 10.2. The van der Waals surface area contributed by atoms with Crippen LogP contribution in [-0.4, -0.2) is 38.5 Å². The molecule has 0 bridgehead atoms. The smallest absolute Gasteiger partial charge is 0.269 e. The fourth-order valence-electron chi connectivity index (χ4n) is 3.10. The molecule has 1 aromatic heterocycles. The van der Waals surface area contributed by atoms with Crippen molar-refractivity contribution in [1.29, 1.82) is 0 Å². The number of allylic oxidation sites excluding steroid dienone is 1. The second-order valence-corrected chi connectivity index (χ2v) is 8.28. The molecule has 3 rings (SSSR count). The summed E-state index contributed by atoms with van der Waals surface area (Å²) in [5, 5.41) is 22.6. The zero-order valence-electron chi connectivity index (χ0n) is 19.1. The van der Waals surface area contributed by atoms with E-state index in [9.17, 15) is 14.9 Å². The Hall–Kier alpha value is -3.86. The van der Waals surface area contributed by atoms with Crippen LogP contribution in [0, 0.1) is 24.0 Å². The number of nitrogens with zero attached hydrogens (tertiary/aromatic N) is 4. The summed E-state index contributed by atoms with van der Waals surface area (Å²) in [7, 11) is 1.58. The van der Waals surface area contributed by atoms with Gasteiger partial charge >= 0.3 is 0 Å². The van der Waals surface area contributed by atoms with Gasteiger partial charge in [0.15, 0.2) is 22.5 Å². The highest BCUT2D eigenvalue weighted by molar-refractivity contribution is 7.99. The number of nitrogens with one attached hydrogen (secondary N) is 1. The molecular formula is C23H25N5O5S. The molecule has 0 fully saturated rings. The molecule has 178 valence electrons. The summed E-state index contributed by atoms with van der Waals surface area (Å²) in [5.41, 5.74) is 2.15. The van der Waals surface area contributed by atoms with Crippen molar-refractivity contribution in [2.45, 2.75) is 32.2 Å². The van der Waals surface area contributed by atoms with Gasteiger partial charge in [0, 0.05) is 24.4 Å². The van der Waals surface area contributed by atoms with E-state index >= 15 is 0 Å². The average molecular weight is 484 g/mol. The topological polar surface area (TPSA) is 121 Å². The number of aryl methyl sites for hydroxylation is 2. The van der Waals surface area contributed by atoms with Gasteiger partial charge in [0.1, 0.15) is 6.61 Å². The lowest BCUT2D eigenvalue weighted by Gasteiger charge is -2.12. The number of non-ortho nitro benzene ring substituents is 1. The first kappa shape index (κ1) is 24.8. The summed E-state index contributed by atoms with van der Waals surface area (Å²) >= 11 is 1.22. The zero-order chi connectivity index (χ0) is 24.7. The van der Waals surface area contributed by atoms with Crippen molar-refractivity contribution in [3.05, 3.63) is 76.1 Å². The molecule has 0 aliphatic heterocycles. The molecule has 11 heteroatoms. The van der Waals surface area contributed by atoms with Crippen LogP contribution >= 0.6 is 11.8 Å². The molecule has 1 amide bonds. The number of methoxy groups -OCH3 is 1. The van der Waals surface area contributed by atoms with Gasteiger partial charge in [-0.15, -0.1) is 16.8 Å². The van der Waals surface area contributed by atoms with Gasteiger partial charge in [-0.3, -0.25) is 19.5 Å². The molecule has 0 aliphatic rings. The molecule has 34 heavy (non-hydrogen) atoms. The van der Waals surface area contributed by atoms with Gasteiger partial charge in [-0.05, 0) is 43.2 Å². The molecule has 0 saturated carbocycles.